The van der Waals surface area contributed by atoms with Gasteiger partial charge in [-0.05, 0) is 62.2 Å². The summed E-state index contributed by atoms with van der Waals surface area (Å²) < 4.78 is 28.4. The summed E-state index contributed by atoms with van der Waals surface area (Å²) in [7, 11) is -4.15. The first kappa shape index (κ1) is 29.5. The monoisotopic (exact) mass is 575 g/mol. The molecule has 2 amide bonds. The molecule has 0 aromatic heterocycles. The zero-order valence-electron chi connectivity index (χ0n) is 21.5. The lowest BCUT2D eigenvalue weighted by molar-refractivity contribution is -0.139. The van der Waals surface area contributed by atoms with E-state index in [2.05, 4.69) is 5.32 Å². The fourth-order valence-electron chi connectivity index (χ4n) is 3.74. The number of nitrogens with one attached hydrogen (secondary N) is 1. The second kappa shape index (κ2) is 13.1. The highest BCUT2D eigenvalue weighted by Gasteiger charge is 2.33. The third-order valence-corrected chi connectivity index (χ3v) is 8.57. The summed E-state index contributed by atoms with van der Waals surface area (Å²) in [5.74, 6) is -0.920. The summed E-state index contributed by atoms with van der Waals surface area (Å²) >= 11 is 12.6. The first-order valence-electron chi connectivity index (χ1n) is 12.2. The molecule has 3 rings (SSSR count). The molecule has 0 spiro atoms. The largest absolute Gasteiger partial charge is 0.352 e. The second-order valence-corrected chi connectivity index (χ2v) is 11.6. The number of sulfonamides is 1. The standard InChI is InChI=1S/C28H31Cl2N3O4S/c1-4-20(2)31-28(35)21(3)32(18-22-11-8-9-16-26(22)30)27(34)19-33(24-13-10-12-23(29)17-24)38(36,37)25-14-6-5-7-15-25/h5-17,20-21H,4,18-19H2,1-3H3,(H,31,35)/t20-,21-/m1/s1. The van der Waals surface area contributed by atoms with Crippen molar-refractivity contribution in [2.45, 2.75) is 50.7 Å². The highest BCUT2D eigenvalue weighted by Crippen LogP contribution is 2.27. The number of benzene rings is 3. The molecule has 0 fully saturated rings. The summed E-state index contributed by atoms with van der Waals surface area (Å²) in [5.41, 5.74) is 0.857. The fourth-order valence-corrected chi connectivity index (χ4v) is 5.55. The van der Waals surface area contributed by atoms with Crippen molar-refractivity contribution in [2.24, 2.45) is 0 Å². The number of amides is 2. The van der Waals surface area contributed by atoms with Crippen molar-refractivity contribution in [1.29, 1.82) is 0 Å². The van der Waals surface area contributed by atoms with E-state index in [1.165, 1.54) is 23.1 Å². The Morgan fingerprint density at radius 3 is 2.21 bits per heavy atom. The zero-order valence-corrected chi connectivity index (χ0v) is 23.8. The number of nitrogens with zero attached hydrogens (tertiary/aromatic N) is 2. The molecule has 3 aromatic carbocycles. The average Bonchev–Trinajstić information content (AvgIpc) is 2.91. The first-order chi connectivity index (χ1) is 18.0. The fraction of sp³-hybridized carbons (Fsp3) is 0.286. The molecule has 0 heterocycles. The maximum Gasteiger partial charge on any atom is 0.264 e. The molecule has 0 aliphatic rings. The summed E-state index contributed by atoms with van der Waals surface area (Å²) in [6.07, 6.45) is 0.717. The predicted octanol–water partition coefficient (Wildman–Crippen LogP) is 5.52. The number of rotatable bonds is 11. The van der Waals surface area contributed by atoms with Gasteiger partial charge in [0.05, 0.1) is 10.6 Å². The molecule has 0 aliphatic carbocycles. The molecule has 38 heavy (non-hydrogen) atoms. The third-order valence-electron chi connectivity index (χ3n) is 6.17. The van der Waals surface area contributed by atoms with Gasteiger partial charge >= 0.3 is 0 Å². The molecule has 2 atom stereocenters. The Balaban J connectivity index is 2.03. The molecular weight excluding hydrogens is 545 g/mol. The molecular formula is C28H31Cl2N3O4S. The van der Waals surface area contributed by atoms with Crippen molar-refractivity contribution in [3.8, 4) is 0 Å². The van der Waals surface area contributed by atoms with E-state index in [0.717, 1.165) is 10.7 Å². The van der Waals surface area contributed by atoms with Crippen molar-refractivity contribution in [1.82, 2.24) is 10.2 Å². The van der Waals surface area contributed by atoms with Crippen LogP contribution in [-0.4, -0.2) is 43.8 Å². The van der Waals surface area contributed by atoms with Crippen LogP contribution in [0.1, 0.15) is 32.8 Å². The van der Waals surface area contributed by atoms with Gasteiger partial charge in [-0.3, -0.25) is 13.9 Å². The van der Waals surface area contributed by atoms with Crippen molar-refractivity contribution >= 4 is 50.7 Å². The lowest BCUT2D eigenvalue weighted by atomic mass is 10.1. The van der Waals surface area contributed by atoms with Gasteiger partial charge in [0.2, 0.25) is 11.8 Å². The summed E-state index contributed by atoms with van der Waals surface area (Å²) in [4.78, 5) is 28.3. The maximum absolute atomic E-state index is 13.9. The molecule has 7 nitrogen and oxygen atoms in total. The van der Waals surface area contributed by atoms with E-state index in [9.17, 15) is 18.0 Å². The highest BCUT2D eigenvalue weighted by atomic mass is 35.5. The highest BCUT2D eigenvalue weighted by molar-refractivity contribution is 7.92. The van der Waals surface area contributed by atoms with E-state index in [1.54, 1.807) is 67.6 Å². The van der Waals surface area contributed by atoms with Crippen LogP contribution in [0.2, 0.25) is 10.0 Å². The van der Waals surface area contributed by atoms with E-state index in [-0.39, 0.29) is 29.1 Å². The van der Waals surface area contributed by atoms with Gasteiger partial charge in [0.1, 0.15) is 12.6 Å². The van der Waals surface area contributed by atoms with Gasteiger partial charge in [-0.15, -0.1) is 0 Å². The zero-order chi connectivity index (χ0) is 27.9. The lowest BCUT2D eigenvalue weighted by Crippen LogP contribution is -2.52. The van der Waals surface area contributed by atoms with Crippen LogP contribution in [-0.2, 0) is 26.2 Å². The number of halogens is 2. The summed E-state index contributed by atoms with van der Waals surface area (Å²) in [6, 6.07) is 20.1. The molecule has 0 unspecified atom stereocenters. The topological polar surface area (TPSA) is 86.8 Å². The summed E-state index contributed by atoms with van der Waals surface area (Å²) in [6.45, 7) is 4.89. The molecule has 0 bridgehead atoms. The third kappa shape index (κ3) is 7.28. The Kier molecular flexibility index (Phi) is 10.2. The van der Waals surface area contributed by atoms with E-state index in [1.807, 2.05) is 13.8 Å². The minimum atomic E-state index is -4.15. The normalized spacial score (nSPS) is 12.9. The Morgan fingerprint density at radius 1 is 0.921 bits per heavy atom. The minimum absolute atomic E-state index is 0.0162. The van der Waals surface area contributed by atoms with Gasteiger partial charge in [-0.2, -0.15) is 0 Å². The van der Waals surface area contributed by atoms with Crippen molar-refractivity contribution < 1.29 is 18.0 Å². The van der Waals surface area contributed by atoms with Gasteiger partial charge in [-0.1, -0.05) is 72.6 Å². The van der Waals surface area contributed by atoms with Crippen LogP contribution in [0.5, 0.6) is 0 Å². The van der Waals surface area contributed by atoms with Crippen molar-refractivity contribution in [3.05, 3.63) is 94.5 Å². The van der Waals surface area contributed by atoms with Crippen molar-refractivity contribution in [2.75, 3.05) is 10.8 Å². The number of anilines is 1. The van der Waals surface area contributed by atoms with Gasteiger partial charge in [0, 0.05) is 22.6 Å². The lowest BCUT2D eigenvalue weighted by Gasteiger charge is -2.32. The molecule has 202 valence electrons. The van der Waals surface area contributed by atoms with Crippen LogP contribution in [0, 0.1) is 0 Å². The van der Waals surface area contributed by atoms with Gasteiger partial charge in [0.25, 0.3) is 10.0 Å². The van der Waals surface area contributed by atoms with Crippen LogP contribution in [0.15, 0.2) is 83.8 Å². The van der Waals surface area contributed by atoms with E-state index in [0.29, 0.717) is 15.6 Å². The SMILES string of the molecule is CC[C@@H](C)NC(=O)[C@@H](C)N(Cc1ccccc1Cl)C(=O)CN(c1cccc(Cl)c1)S(=O)(=O)c1ccccc1. The molecule has 0 aliphatic heterocycles. The smallest absolute Gasteiger partial charge is 0.264 e. The Labute approximate surface area is 234 Å². The molecule has 0 saturated carbocycles. The molecule has 0 saturated heterocycles. The number of hydrogen-bond acceptors (Lipinski definition) is 4. The molecule has 0 radical (unpaired) electrons. The number of carbonyl (C=O) groups excluding carboxylic acids is 2. The summed E-state index contributed by atoms with van der Waals surface area (Å²) in [5, 5.41) is 3.65. The quantitative estimate of drug-likeness (QED) is 0.326. The van der Waals surface area contributed by atoms with E-state index < -0.39 is 28.5 Å². The molecule has 10 heteroatoms. The number of hydrogen-bond donors (Lipinski definition) is 1. The van der Waals surface area contributed by atoms with Crippen LogP contribution in [0.3, 0.4) is 0 Å². The average molecular weight is 577 g/mol. The van der Waals surface area contributed by atoms with Crippen LogP contribution in [0.4, 0.5) is 5.69 Å². The second-order valence-electron chi connectivity index (χ2n) is 8.91. The van der Waals surface area contributed by atoms with Gasteiger partial charge in [0.15, 0.2) is 0 Å². The minimum Gasteiger partial charge on any atom is -0.352 e. The molecule has 3 aromatic rings. The van der Waals surface area contributed by atoms with Gasteiger partial charge in [-0.25, -0.2) is 8.42 Å². The van der Waals surface area contributed by atoms with Gasteiger partial charge < -0.3 is 10.2 Å². The molecule has 1 N–H and O–H groups in total. The number of carbonyl (C=O) groups is 2. The Hall–Kier alpha value is -3.07. The van der Waals surface area contributed by atoms with Crippen LogP contribution in [0.25, 0.3) is 0 Å². The maximum atomic E-state index is 13.9. The van der Waals surface area contributed by atoms with E-state index >= 15 is 0 Å². The Morgan fingerprint density at radius 2 is 1.58 bits per heavy atom. The van der Waals surface area contributed by atoms with Crippen LogP contribution < -0.4 is 9.62 Å². The first-order valence-corrected chi connectivity index (χ1v) is 14.4. The predicted molar refractivity (Wildman–Crippen MR) is 152 cm³/mol. The Bertz CT molecular complexity index is 1370. The van der Waals surface area contributed by atoms with Crippen molar-refractivity contribution in [3.63, 3.8) is 0 Å². The van der Waals surface area contributed by atoms with E-state index in [4.69, 9.17) is 23.2 Å². The van der Waals surface area contributed by atoms with Crippen LogP contribution >= 0.6 is 23.2 Å².